The molecule has 3 aromatic rings. The van der Waals surface area contributed by atoms with Gasteiger partial charge in [0.25, 0.3) is 0 Å². The maximum Gasteiger partial charge on any atom is 0.408 e. The van der Waals surface area contributed by atoms with E-state index in [0.717, 1.165) is 41.9 Å². The number of carbonyl (C=O) groups is 4. The number of aromatic nitrogens is 4. The second kappa shape index (κ2) is 20.0. The molecule has 61 heavy (non-hydrogen) atoms. The number of ether oxygens (including phenoxy) is 2. The second-order valence-corrected chi connectivity index (χ2v) is 19.0. The van der Waals surface area contributed by atoms with E-state index < -0.39 is 53.3 Å². The summed E-state index contributed by atoms with van der Waals surface area (Å²) < 4.78 is 18.5. The van der Waals surface area contributed by atoms with E-state index in [0.29, 0.717) is 44.0 Å². The minimum Gasteiger partial charge on any atom is -0.508 e. The molecule has 0 unspecified atom stereocenters. The molecule has 2 aromatic heterocycles. The number of hydrogen-bond acceptors (Lipinski definition) is 12. The first-order valence-corrected chi connectivity index (χ1v) is 21.6. The van der Waals surface area contributed by atoms with E-state index in [1.807, 2.05) is 13.8 Å². The number of benzene rings is 1. The third-order valence-corrected chi connectivity index (χ3v) is 11.6. The second-order valence-electron chi connectivity index (χ2n) is 19.0. The Kier molecular flexibility index (Phi) is 15.3. The lowest BCUT2D eigenvalue weighted by atomic mass is 9.59. The Balaban J connectivity index is 1.39. The molecule has 0 saturated heterocycles. The molecule has 3 atom stereocenters. The number of amides is 4. The molecule has 0 spiro atoms. The average Bonchev–Trinajstić information content (AvgIpc) is 3.80. The normalized spacial score (nSPS) is 19.0. The van der Waals surface area contributed by atoms with Gasteiger partial charge in [0.05, 0.1) is 0 Å². The zero-order valence-corrected chi connectivity index (χ0v) is 37.2. The number of nitrogens with one attached hydrogen (secondary N) is 4. The Morgan fingerprint density at radius 2 is 1.52 bits per heavy atom. The number of nitrogen functional groups attached to an aromatic ring is 1. The van der Waals surface area contributed by atoms with Crippen LogP contribution in [0, 0.1) is 25.2 Å². The maximum absolute atomic E-state index is 14.6. The number of phenols is 1. The molecule has 17 nitrogen and oxygen atoms in total. The van der Waals surface area contributed by atoms with Crippen molar-refractivity contribution in [3.63, 3.8) is 0 Å². The molecule has 3 aliphatic carbocycles. The number of anilines is 1. The fourth-order valence-electron chi connectivity index (χ4n) is 8.45. The number of phenolic OH excluding ortho intramolecular Hbond substituents is 1. The number of fused-ring (bicyclic) bond motifs is 3. The highest BCUT2D eigenvalue weighted by Crippen LogP contribution is 2.51. The summed E-state index contributed by atoms with van der Waals surface area (Å²) in [6.07, 6.45) is 11.1. The molecule has 2 heterocycles. The molecule has 17 heteroatoms. The number of imidazole rings is 1. The molecule has 6 rings (SSSR count). The average molecular weight is 850 g/mol. The van der Waals surface area contributed by atoms with Gasteiger partial charge < -0.3 is 50.7 Å². The summed E-state index contributed by atoms with van der Waals surface area (Å²) in [5.74, 6) is 0.903. The van der Waals surface area contributed by atoms with Gasteiger partial charge in [-0.1, -0.05) is 5.16 Å². The first kappa shape index (κ1) is 46.7. The summed E-state index contributed by atoms with van der Waals surface area (Å²) in [4.78, 5) is 63.3. The highest BCUT2D eigenvalue weighted by molar-refractivity contribution is 5.91. The minimum atomic E-state index is -1.15. The smallest absolute Gasteiger partial charge is 0.408 e. The number of nitrogens with two attached hydrogens (primary N) is 1. The molecule has 3 aliphatic rings. The topological polar surface area (TPSA) is 238 Å². The van der Waals surface area contributed by atoms with Crippen molar-refractivity contribution in [1.82, 2.24) is 41.0 Å². The summed E-state index contributed by atoms with van der Waals surface area (Å²) in [7, 11) is 0. The van der Waals surface area contributed by atoms with Crippen LogP contribution in [0.2, 0.25) is 0 Å². The first-order chi connectivity index (χ1) is 28.7. The van der Waals surface area contributed by atoms with Crippen LogP contribution >= 0.6 is 0 Å². The van der Waals surface area contributed by atoms with E-state index in [4.69, 9.17) is 24.7 Å². The van der Waals surface area contributed by atoms with Gasteiger partial charge in [-0.25, -0.2) is 14.6 Å². The Morgan fingerprint density at radius 3 is 2.13 bits per heavy atom. The number of nitrogens with zero attached hydrogens (tertiary/aromatic N) is 4. The van der Waals surface area contributed by atoms with Crippen LogP contribution in [0.3, 0.4) is 0 Å². The van der Waals surface area contributed by atoms with Crippen molar-refractivity contribution in [3.8, 4) is 5.75 Å². The van der Waals surface area contributed by atoms with E-state index in [-0.39, 0.29) is 36.4 Å². The van der Waals surface area contributed by atoms with Crippen molar-refractivity contribution in [3.05, 3.63) is 52.9 Å². The van der Waals surface area contributed by atoms with Crippen LogP contribution in [0.15, 0.2) is 29.0 Å². The number of aryl methyl sites for hydroxylation is 3. The van der Waals surface area contributed by atoms with Crippen molar-refractivity contribution in [2.45, 2.75) is 168 Å². The van der Waals surface area contributed by atoms with E-state index in [9.17, 15) is 24.3 Å². The summed E-state index contributed by atoms with van der Waals surface area (Å²) in [6.45, 7) is 14.9. The van der Waals surface area contributed by atoms with Crippen LogP contribution in [-0.4, -0.2) is 78.6 Å². The monoisotopic (exact) mass is 850 g/mol. The van der Waals surface area contributed by atoms with Crippen LogP contribution in [0.4, 0.5) is 15.5 Å². The third kappa shape index (κ3) is 14.1. The lowest BCUT2D eigenvalue weighted by Crippen LogP contribution is -2.55. The minimum absolute atomic E-state index is 0.0613. The summed E-state index contributed by atoms with van der Waals surface area (Å²) in [5.41, 5.74) is 6.84. The zero-order chi connectivity index (χ0) is 44.5. The third-order valence-electron chi connectivity index (χ3n) is 11.6. The highest BCUT2D eigenvalue weighted by atomic mass is 16.6. The van der Waals surface area contributed by atoms with E-state index in [1.165, 1.54) is 19.3 Å². The predicted molar refractivity (Wildman–Crippen MR) is 228 cm³/mol. The Labute approximate surface area is 359 Å². The fourth-order valence-corrected chi connectivity index (χ4v) is 8.45. The molecule has 2 bridgehead atoms. The molecule has 336 valence electrons. The molecule has 1 aromatic carbocycles. The summed E-state index contributed by atoms with van der Waals surface area (Å²) >= 11 is 0. The Hall–Kier alpha value is -5.35. The van der Waals surface area contributed by atoms with Gasteiger partial charge in [0.15, 0.2) is 11.8 Å². The maximum atomic E-state index is 14.6. The number of carbonyl (C=O) groups excluding carboxylic acids is 4. The molecular formula is C44H67N9O8. The molecule has 7 N–H and O–H groups in total. The van der Waals surface area contributed by atoms with Crippen LogP contribution in [-0.2, 0) is 38.4 Å². The van der Waals surface area contributed by atoms with Gasteiger partial charge in [0.1, 0.15) is 35.1 Å². The molecule has 3 saturated carbocycles. The van der Waals surface area contributed by atoms with Crippen LogP contribution < -0.4 is 27.0 Å². The van der Waals surface area contributed by atoms with Crippen molar-refractivity contribution >= 4 is 29.9 Å². The van der Waals surface area contributed by atoms with Gasteiger partial charge in [0, 0.05) is 38.3 Å². The van der Waals surface area contributed by atoms with Crippen LogP contribution in [0.25, 0.3) is 0 Å². The van der Waals surface area contributed by atoms with Gasteiger partial charge in [-0.2, -0.15) is 4.98 Å². The predicted octanol–water partition coefficient (Wildman–Crippen LogP) is 6.25. The fraction of sp³-hybridized carbons (Fsp3) is 0.659. The van der Waals surface area contributed by atoms with Gasteiger partial charge in [-0.15, -0.1) is 0 Å². The number of alkyl carbamates (subject to hydrolysis) is 2. The lowest BCUT2D eigenvalue weighted by molar-refractivity contribution is -0.130. The van der Waals surface area contributed by atoms with Gasteiger partial charge in [0.2, 0.25) is 17.7 Å². The van der Waals surface area contributed by atoms with Crippen LogP contribution in [0.5, 0.6) is 5.75 Å². The largest absolute Gasteiger partial charge is 0.508 e. The Bertz CT molecular complexity index is 1940. The van der Waals surface area contributed by atoms with Gasteiger partial charge in [-0.05, 0) is 160 Å². The van der Waals surface area contributed by atoms with Crippen molar-refractivity contribution in [1.29, 1.82) is 0 Å². The zero-order valence-electron chi connectivity index (χ0n) is 37.2. The highest BCUT2D eigenvalue weighted by Gasteiger charge is 2.41. The van der Waals surface area contributed by atoms with Crippen molar-refractivity contribution < 1.29 is 38.3 Å². The summed E-state index contributed by atoms with van der Waals surface area (Å²) in [6, 6.07) is 0.201. The number of rotatable bonds is 18. The number of hydrogen-bond donors (Lipinski definition) is 6. The molecule has 4 amide bonds. The van der Waals surface area contributed by atoms with Crippen molar-refractivity contribution in [2.24, 2.45) is 11.3 Å². The quantitative estimate of drug-likeness (QED) is 0.0780. The lowest BCUT2D eigenvalue weighted by Gasteiger charge is -2.46. The molecule has 0 aliphatic heterocycles. The number of aromatic hydroxyl groups is 1. The molecule has 0 radical (unpaired) electrons. The Morgan fingerprint density at radius 1 is 0.902 bits per heavy atom. The molecular weight excluding hydrogens is 783 g/mol. The van der Waals surface area contributed by atoms with Gasteiger partial charge >= 0.3 is 12.2 Å². The summed E-state index contributed by atoms with van der Waals surface area (Å²) in [5, 5.41) is 26.2. The standard InChI is InChI=1S/C44H67N9O8/c1-27-23-30(54)24-28(2)31(27)25-34(49-36(55)32(50-41(58)60-43(6,7)8)12-10-21-53-22-20-46-39(53)45)37(56)48-33(11-9-19-47-40(57)59-42(3,4)5)38-51-35(52-61-38)26-44-16-13-29(14-17-44)15-18-44/h20,22-24,29,32-34,54H,9-19,21,25-26H2,1-8H3,(H2,45,46)(H,47,57)(H,48,56)(H,49,55)(H,50,58)/t29?,32-,33+,34+,44?/m1/s1. The van der Waals surface area contributed by atoms with Gasteiger partial charge in [-0.3, -0.25) is 9.59 Å². The SMILES string of the molecule is Cc1cc(O)cc(C)c1C[C@H](NC(=O)[C@@H](CCCn1ccnc1N)NC(=O)OC(C)(C)C)C(=O)N[C@@H](CCCNC(=O)OC(C)(C)C)c1nc(CC23CCC(CC2)CC3)no1. The van der Waals surface area contributed by atoms with E-state index in [2.05, 4.69) is 31.4 Å². The van der Waals surface area contributed by atoms with E-state index in [1.54, 1.807) is 70.6 Å². The first-order valence-electron chi connectivity index (χ1n) is 21.6. The molecule has 3 fully saturated rings. The van der Waals surface area contributed by atoms with Crippen LogP contribution in [0.1, 0.15) is 140 Å². The van der Waals surface area contributed by atoms with E-state index >= 15 is 0 Å². The van der Waals surface area contributed by atoms with Crippen molar-refractivity contribution in [2.75, 3.05) is 12.3 Å².